The van der Waals surface area contributed by atoms with Gasteiger partial charge in [-0.25, -0.2) is 0 Å². The van der Waals surface area contributed by atoms with Crippen LogP contribution in [0.3, 0.4) is 0 Å². The Labute approximate surface area is 110 Å². The van der Waals surface area contributed by atoms with Crippen LogP contribution in [0.4, 0.5) is 0 Å². The monoisotopic (exact) mass is 300 g/mol. The van der Waals surface area contributed by atoms with E-state index in [0.717, 1.165) is 23.6 Å². The van der Waals surface area contributed by atoms with Crippen molar-refractivity contribution < 1.29 is 14.3 Å². The van der Waals surface area contributed by atoms with Gasteiger partial charge < -0.3 is 9.47 Å². The van der Waals surface area contributed by atoms with E-state index in [1.807, 2.05) is 6.92 Å². The number of carbonyl (C=O) groups excluding carboxylic acids is 1. The van der Waals surface area contributed by atoms with Gasteiger partial charge in [-0.15, -0.1) is 0 Å². The number of rotatable bonds is 7. The summed E-state index contributed by atoms with van der Waals surface area (Å²) in [5.74, 6) is 1.30. The summed E-state index contributed by atoms with van der Waals surface area (Å²) in [6.45, 7) is 5.21. The van der Waals surface area contributed by atoms with Crippen molar-refractivity contribution in [3.8, 4) is 11.5 Å². The van der Waals surface area contributed by atoms with E-state index in [1.54, 1.807) is 12.1 Å². The van der Waals surface area contributed by atoms with Crippen LogP contribution in [-0.2, 0) is 0 Å². The van der Waals surface area contributed by atoms with Crippen molar-refractivity contribution in [2.75, 3.05) is 13.2 Å². The highest BCUT2D eigenvalue weighted by atomic mass is 79.9. The fraction of sp³-hybridized carbons (Fsp3) is 0.462. The highest BCUT2D eigenvalue weighted by molar-refractivity contribution is 9.10. The van der Waals surface area contributed by atoms with Crippen molar-refractivity contribution in [2.45, 2.75) is 26.7 Å². The number of carbonyl (C=O) groups is 1. The summed E-state index contributed by atoms with van der Waals surface area (Å²) >= 11 is 3.33. The molecule has 0 aliphatic rings. The molecule has 4 heteroatoms. The van der Waals surface area contributed by atoms with Crippen molar-refractivity contribution >= 4 is 22.2 Å². The van der Waals surface area contributed by atoms with E-state index >= 15 is 0 Å². The van der Waals surface area contributed by atoms with Gasteiger partial charge in [0.05, 0.1) is 13.2 Å². The van der Waals surface area contributed by atoms with Gasteiger partial charge in [-0.2, -0.15) is 0 Å². The summed E-state index contributed by atoms with van der Waals surface area (Å²) < 4.78 is 11.8. The van der Waals surface area contributed by atoms with Gasteiger partial charge in [0.15, 0.2) is 17.8 Å². The average molecular weight is 301 g/mol. The predicted molar refractivity (Wildman–Crippen MR) is 71.1 cm³/mol. The minimum Gasteiger partial charge on any atom is -0.490 e. The number of halogens is 1. The fourth-order valence-corrected chi connectivity index (χ4v) is 1.76. The molecule has 17 heavy (non-hydrogen) atoms. The summed E-state index contributed by atoms with van der Waals surface area (Å²) in [5, 5.41) is 0. The van der Waals surface area contributed by atoms with Crippen LogP contribution in [0.25, 0.3) is 0 Å². The van der Waals surface area contributed by atoms with Crippen molar-refractivity contribution in [3.63, 3.8) is 0 Å². The van der Waals surface area contributed by atoms with E-state index in [0.29, 0.717) is 30.3 Å². The molecule has 0 N–H and O–H groups in total. The molecule has 0 aromatic heterocycles. The first-order valence-electron chi connectivity index (χ1n) is 5.77. The second-order valence-corrected chi connectivity index (χ2v) is 4.43. The molecule has 0 unspecified atom stereocenters. The molecule has 0 atom stereocenters. The first-order chi connectivity index (χ1) is 8.22. The maximum Gasteiger partial charge on any atom is 0.162 e. The van der Waals surface area contributed by atoms with Gasteiger partial charge in [-0.3, -0.25) is 4.79 Å². The molecular formula is C13H17BrO3. The molecule has 0 radical (unpaired) electrons. The zero-order chi connectivity index (χ0) is 12.7. The summed E-state index contributed by atoms with van der Waals surface area (Å²) in [4.78, 5) is 10.8. The van der Waals surface area contributed by atoms with E-state index in [-0.39, 0.29) is 0 Å². The maximum atomic E-state index is 10.8. The molecule has 1 rings (SSSR count). The Kier molecular flexibility index (Phi) is 6.05. The lowest BCUT2D eigenvalue weighted by atomic mass is 10.2. The van der Waals surface area contributed by atoms with Crippen molar-refractivity contribution in [1.29, 1.82) is 0 Å². The number of hydrogen-bond acceptors (Lipinski definition) is 3. The molecule has 0 aliphatic carbocycles. The third kappa shape index (κ3) is 4.04. The molecule has 0 saturated carbocycles. The van der Waals surface area contributed by atoms with Gasteiger partial charge >= 0.3 is 0 Å². The molecule has 3 nitrogen and oxygen atoms in total. The fourth-order valence-electron chi connectivity index (χ4n) is 1.35. The normalized spacial score (nSPS) is 10.1. The van der Waals surface area contributed by atoms with Gasteiger partial charge in [-0.1, -0.05) is 13.3 Å². The lowest BCUT2D eigenvalue weighted by molar-refractivity contribution is 0.112. The Bertz CT molecular complexity index is 377. The summed E-state index contributed by atoms with van der Waals surface area (Å²) in [6.07, 6.45) is 2.87. The number of unbranched alkanes of at least 4 members (excludes halogenated alkanes) is 1. The SMILES string of the molecule is CCCCOc1cc(Br)c(C=O)cc1OCC. The number of ether oxygens (including phenoxy) is 2. The molecular weight excluding hydrogens is 284 g/mol. The Morgan fingerprint density at radius 3 is 2.53 bits per heavy atom. The summed E-state index contributed by atoms with van der Waals surface area (Å²) in [5.41, 5.74) is 0.566. The number of aldehydes is 1. The first kappa shape index (κ1) is 14.0. The molecule has 0 heterocycles. The molecule has 0 fully saturated rings. The molecule has 1 aromatic rings. The van der Waals surface area contributed by atoms with Crippen LogP contribution in [0.1, 0.15) is 37.0 Å². The van der Waals surface area contributed by atoms with Crippen LogP contribution < -0.4 is 9.47 Å². The van der Waals surface area contributed by atoms with Crippen molar-refractivity contribution in [3.05, 3.63) is 22.2 Å². The Morgan fingerprint density at radius 2 is 1.94 bits per heavy atom. The van der Waals surface area contributed by atoms with Crippen molar-refractivity contribution in [2.24, 2.45) is 0 Å². The quantitative estimate of drug-likeness (QED) is 0.567. The maximum absolute atomic E-state index is 10.8. The van der Waals surface area contributed by atoms with Crippen LogP contribution in [0.15, 0.2) is 16.6 Å². The van der Waals surface area contributed by atoms with Gasteiger partial charge in [-0.05, 0) is 41.4 Å². The van der Waals surface area contributed by atoms with E-state index in [4.69, 9.17) is 9.47 Å². The van der Waals surface area contributed by atoms with E-state index in [2.05, 4.69) is 22.9 Å². The van der Waals surface area contributed by atoms with Crippen LogP contribution in [0.5, 0.6) is 11.5 Å². The minimum atomic E-state index is 0.546. The highest BCUT2D eigenvalue weighted by Gasteiger charge is 2.10. The molecule has 0 bridgehead atoms. The van der Waals surface area contributed by atoms with Crippen LogP contribution >= 0.6 is 15.9 Å². The van der Waals surface area contributed by atoms with Crippen LogP contribution in [0.2, 0.25) is 0 Å². The molecule has 0 aliphatic heterocycles. The predicted octanol–water partition coefficient (Wildman–Crippen LogP) is 3.84. The molecule has 0 amide bonds. The highest BCUT2D eigenvalue weighted by Crippen LogP contribution is 2.33. The Balaban J connectivity index is 2.91. The van der Waals surface area contributed by atoms with Crippen molar-refractivity contribution in [1.82, 2.24) is 0 Å². The second kappa shape index (κ2) is 7.33. The average Bonchev–Trinajstić information content (AvgIpc) is 2.32. The van der Waals surface area contributed by atoms with E-state index < -0.39 is 0 Å². The van der Waals surface area contributed by atoms with Crippen LogP contribution in [-0.4, -0.2) is 19.5 Å². The molecule has 0 saturated heterocycles. The molecule has 1 aromatic carbocycles. The number of benzene rings is 1. The zero-order valence-corrected chi connectivity index (χ0v) is 11.7. The Hall–Kier alpha value is -1.03. The van der Waals surface area contributed by atoms with Gasteiger partial charge in [0, 0.05) is 10.0 Å². The van der Waals surface area contributed by atoms with Crippen LogP contribution in [0, 0.1) is 0 Å². The van der Waals surface area contributed by atoms with Gasteiger partial charge in [0.2, 0.25) is 0 Å². The van der Waals surface area contributed by atoms with E-state index in [1.165, 1.54) is 0 Å². The zero-order valence-electron chi connectivity index (χ0n) is 10.2. The smallest absolute Gasteiger partial charge is 0.162 e. The van der Waals surface area contributed by atoms with Gasteiger partial charge in [0.25, 0.3) is 0 Å². The largest absolute Gasteiger partial charge is 0.490 e. The van der Waals surface area contributed by atoms with Gasteiger partial charge in [0.1, 0.15) is 0 Å². The number of hydrogen-bond donors (Lipinski definition) is 0. The standard InChI is InChI=1S/C13H17BrO3/c1-3-5-6-17-13-8-11(14)10(9-15)7-12(13)16-4-2/h7-9H,3-6H2,1-2H3. The topological polar surface area (TPSA) is 35.5 Å². The summed E-state index contributed by atoms with van der Waals surface area (Å²) in [6, 6.07) is 3.48. The van der Waals surface area contributed by atoms with E-state index in [9.17, 15) is 4.79 Å². The Morgan fingerprint density at radius 1 is 1.24 bits per heavy atom. The molecule has 0 spiro atoms. The first-order valence-corrected chi connectivity index (χ1v) is 6.56. The molecule has 94 valence electrons. The summed E-state index contributed by atoms with van der Waals surface area (Å²) in [7, 11) is 0. The lowest BCUT2D eigenvalue weighted by Crippen LogP contribution is -2.01. The second-order valence-electron chi connectivity index (χ2n) is 3.57. The lowest BCUT2D eigenvalue weighted by Gasteiger charge is -2.13. The minimum absolute atomic E-state index is 0.546. The third-order valence-electron chi connectivity index (χ3n) is 2.25. The third-order valence-corrected chi connectivity index (χ3v) is 2.93.